The summed E-state index contributed by atoms with van der Waals surface area (Å²) in [6.45, 7) is 2.73. The predicted octanol–water partition coefficient (Wildman–Crippen LogP) is 0.238. The van der Waals surface area contributed by atoms with Gasteiger partial charge in [0.05, 0.1) is 25.7 Å². The average Bonchev–Trinajstić information content (AvgIpc) is 2.28. The maximum absolute atomic E-state index is 11.8. The fourth-order valence-corrected chi connectivity index (χ4v) is 1.61. The first-order valence-electron chi connectivity index (χ1n) is 4.82. The van der Waals surface area contributed by atoms with E-state index in [2.05, 4.69) is 25.7 Å². The Balaban J connectivity index is 3.09. The highest BCUT2D eigenvalue weighted by atomic mass is 79.9. The predicted molar refractivity (Wildman–Crippen MR) is 63.6 cm³/mol. The van der Waals surface area contributed by atoms with E-state index in [1.807, 2.05) is 0 Å². The number of methoxy groups -OCH3 is 1. The van der Waals surface area contributed by atoms with Gasteiger partial charge < -0.3 is 9.84 Å². The summed E-state index contributed by atoms with van der Waals surface area (Å²) in [5.41, 5.74) is -1.58. The maximum Gasteiger partial charge on any atom is 0.339 e. The van der Waals surface area contributed by atoms with E-state index in [-0.39, 0.29) is 12.1 Å². The lowest BCUT2D eigenvalue weighted by Gasteiger charge is -2.21. The van der Waals surface area contributed by atoms with Gasteiger partial charge in [0.2, 0.25) is 0 Å². The number of esters is 1. The molecular weight excluding hydrogens is 292 g/mol. The Bertz CT molecular complexity index is 496. The number of rotatable bonds is 3. The molecule has 1 rings (SSSR count). The van der Waals surface area contributed by atoms with Crippen LogP contribution in [0.3, 0.4) is 0 Å². The van der Waals surface area contributed by atoms with Crippen LogP contribution in [0.25, 0.3) is 0 Å². The molecule has 1 heterocycles. The van der Waals surface area contributed by atoms with E-state index in [4.69, 9.17) is 0 Å². The highest BCUT2D eigenvalue weighted by Crippen LogP contribution is 2.11. The molecule has 17 heavy (non-hydrogen) atoms. The number of aryl methyl sites for hydroxylation is 1. The first kappa shape index (κ1) is 13.9. The van der Waals surface area contributed by atoms with Crippen molar-refractivity contribution in [3.8, 4) is 0 Å². The summed E-state index contributed by atoms with van der Waals surface area (Å²) in [6.07, 6.45) is 1.28. The zero-order valence-electron chi connectivity index (χ0n) is 9.73. The molecule has 0 saturated carbocycles. The van der Waals surface area contributed by atoms with Crippen LogP contribution in [0, 0.1) is 6.92 Å². The molecule has 0 fully saturated rings. The highest BCUT2D eigenvalue weighted by molar-refractivity contribution is 9.10. The van der Waals surface area contributed by atoms with Crippen LogP contribution in [0.1, 0.15) is 12.6 Å². The van der Waals surface area contributed by atoms with Crippen molar-refractivity contribution >= 4 is 21.9 Å². The molecular formula is C10H13BrN2O4. The molecule has 0 radical (unpaired) electrons. The summed E-state index contributed by atoms with van der Waals surface area (Å²) in [6, 6.07) is 0. The van der Waals surface area contributed by atoms with Crippen molar-refractivity contribution in [2.24, 2.45) is 0 Å². The number of aliphatic hydroxyl groups is 1. The summed E-state index contributed by atoms with van der Waals surface area (Å²) >= 11 is 3.10. The van der Waals surface area contributed by atoms with E-state index in [1.165, 1.54) is 20.4 Å². The number of hydrogen-bond donors (Lipinski definition) is 1. The largest absolute Gasteiger partial charge is 0.467 e. The number of ether oxygens (including phenoxy) is 1. The molecule has 1 aromatic rings. The minimum absolute atomic E-state index is 0.218. The molecule has 1 atom stereocenters. The lowest BCUT2D eigenvalue weighted by molar-refractivity contribution is -0.161. The standard InChI is InChI=1S/C10H13BrN2O4/c1-6-7(11)8(14)13(5-12-6)4-10(2,16)9(15)17-3/h5,16H,4H2,1-3H3. The Morgan fingerprint density at radius 2 is 2.29 bits per heavy atom. The highest BCUT2D eigenvalue weighted by Gasteiger charge is 2.32. The molecule has 94 valence electrons. The van der Waals surface area contributed by atoms with Crippen LogP contribution < -0.4 is 5.56 Å². The summed E-state index contributed by atoms with van der Waals surface area (Å²) in [5, 5.41) is 9.84. The van der Waals surface area contributed by atoms with Crippen molar-refractivity contribution in [2.45, 2.75) is 26.0 Å². The van der Waals surface area contributed by atoms with Gasteiger partial charge in [0.25, 0.3) is 5.56 Å². The summed E-state index contributed by atoms with van der Waals surface area (Å²) in [7, 11) is 1.17. The molecule has 1 unspecified atom stereocenters. The second kappa shape index (κ2) is 4.97. The zero-order valence-corrected chi connectivity index (χ0v) is 11.3. The Kier molecular flexibility index (Phi) is 4.05. The molecule has 0 saturated heterocycles. The topological polar surface area (TPSA) is 81.4 Å². The fourth-order valence-electron chi connectivity index (χ4n) is 1.27. The van der Waals surface area contributed by atoms with Gasteiger partial charge in [-0.15, -0.1) is 0 Å². The monoisotopic (exact) mass is 304 g/mol. The Morgan fingerprint density at radius 1 is 1.71 bits per heavy atom. The third-order valence-corrected chi connectivity index (χ3v) is 3.17. The van der Waals surface area contributed by atoms with Crippen molar-refractivity contribution in [3.05, 3.63) is 26.8 Å². The number of carbonyl (C=O) groups excluding carboxylic acids is 1. The molecule has 0 amide bonds. The van der Waals surface area contributed by atoms with Crippen molar-refractivity contribution in [3.63, 3.8) is 0 Å². The van der Waals surface area contributed by atoms with Gasteiger partial charge >= 0.3 is 5.97 Å². The minimum Gasteiger partial charge on any atom is -0.467 e. The molecule has 1 N–H and O–H groups in total. The van der Waals surface area contributed by atoms with Crippen LogP contribution in [0.2, 0.25) is 0 Å². The van der Waals surface area contributed by atoms with Crippen LogP contribution >= 0.6 is 15.9 Å². The van der Waals surface area contributed by atoms with Crippen LogP contribution in [0.5, 0.6) is 0 Å². The van der Waals surface area contributed by atoms with Gasteiger partial charge in [-0.05, 0) is 29.8 Å². The number of hydrogen-bond acceptors (Lipinski definition) is 5. The third-order valence-electron chi connectivity index (χ3n) is 2.26. The summed E-state index contributed by atoms with van der Waals surface area (Å²) in [4.78, 5) is 27.0. The van der Waals surface area contributed by atoms with Gasteiger partial charge in [-0.2, -0.15) is 0 Å². The molecule has 1 aromatic heterocycles. The van der Waals surface area contributed by atoms with Crippen LogP contribution in [-0.4, -0.2) is 33.3 Å². The lowest BCUT2D eigenvalue weighted by atomic mass is 10.1. The van der Waals surface area contributed by atoms with E-state index in [1.54, 1.807) is 6.92 Å². The Hall–Kier alpha value is -1.21. The fraction of sp³-hybridized carbons (Fsp3) is 0.500. The zero-order chi connectivity index (χ0) is 13.2. The number of nitrogens with zero attached hydrogens (tertiary/aromatic N) is 2. The van der Waals surface area contributed by atoms with Gasteiger partial charge in [-0.3, -0.25) is 9.36 Å². The number of carbonyl (C=O) groups is 1. The second-order valence-corrected chi connectivity index (χ2v) is 4.64. The van der Waals surface area contributed by atoms with E-state index in [9.17, 15) is 14.7 Å². The summed E-state index contributed by atoms with van der Waals surface area (Å²) in [5.74, 6) is -0.805. The van der Waals surface area contributed by atoms with E-state index in [0.29, 0.717) is 10.2 Å². The number of halogens is 1. The second-order valence-electron chi connectivity index (χ2n) is 3.84. The molecule has 0 aromatic carbocycles. The molecule has 0 aliphatic heterocycles. The average molecular weight is 305 g/mol. The van der Waals surface area contributed by atoms with Gasteiger partial charge in [0.15, 0.2) is 5.60 Å². The van der Waals surface area contributed by atoms with Crippen LogP contribution in [0.15, 0.2) is 15.6 Å². The van der Waals surface area contributed by atoms with Gasteiger partial charge in [0, 0.05) is 0 Å². The Morgan fingerprint density at radius 3 is 2.82 bits per heavy atom. The molecule has 0 aliphatic rings. The van der Waals surface area contributed by atoms with Crippen molar-refractivity contribution in [2.75, 3.05) is 7.11 Å². The van der Waals surface area contributed by atoms with E-state index >= 15 is 0 Å². The summed E-state index contributed by atoms with van der Waals surface area (Å²) < 4.78 is 5.90. The smallest absolute Gasteiger partial charge is 0.339 e. The lowest BCUT2D eigenvalue weighted by Crippen LogP contribution is -2.43. The van der Waals surface area contributed by atoms with Crippen molar-refractivity contribution in [1.82, 2.24) is 9.55 Å². The van der Waals surface area contributed by atoms with Crippen LogP contribution in [0.4, 0.5) is 0 Å². The quantitative estimate of drug-likeness (QED) is 0.809. The van der Waals surface area contributed by atoms with E-state index < -0.39 is 11.6 Å². The van der Waals surface area contributed by atoms with Crippen molar-refractivity contribution < 1.29 is 14.6 Å². The minimum atomic E-state index is -1.77. The SMILES string of the molecule is COC(=O)C(C)(O)Cn1cnc(C)c(Br)c1=O. The molecule has 6 nitrogen and oxygen atoms in total. The third kappa shape index (κ3) is 2.92. The normalized spacial score (nSPS) is 14.2. The Labute approximate surface area is 106 Å². The van der Waals surface area contributed by atoms with Crippen LogP contribution in [-0.2, 0) is 16.1 Å². The molecule has 7 heteroatoms. The number of aromatic nitrogens is 2. The van der Waals surface area contributed by atoms with Gasteiger partial charge in [-0.1, -0.05) is 0 Å². The van der Waals surface area contributed by atoms with E-state index in [0.717, 1.165) is 4.57 Å². The maximum atomic E-state index is 11.8. The van der Waals surface area contributed by atoms with Crippen molar-refractivity contribution in [1.29, 1.82) is 0 Å². The first-order valence-corrected chi connectivity index (χ1v) is 5.61. The molecule has 0 bridgehead atoms. The van der Waals surface area contributed by atoms with Gasteiger partial charge in [-0.25, -0.2) is 9.78 Å². The van der Waals surface area contributed by atoms with Gasteiger partial charge in [0.1, 0.15) is 4.47 Å². The molecule has 0 spiro atoms. The molecule has 0 aliphatic carbocycles. The first-order chi connectivity index (χ1) is 7.79.